The molecule has 1 heterocycles. The number of amides is 2. The van der Waals surface area contributed by atoms with Crippen molar-refractivity contribution in [2.45, 2.75) is 65.1 Å². The summed E-state index contributed by atoms with van der Waals surface area (Å²) in [6.45, 7) is 6.20. The lowest BCUT2D eigenvalue weighted by molar-refractivity contribution is -0.141. The first-order valence-corrected chi connectivity index (χ1v) is 11.0. The van der Waals surface area contributed by atoms with E-state index < -0.39 is 6.10 Å². The lowest BCUT2D eigenvalue weighted by atomic mass is 9.86. The van der Waals surface area contributed by atoms with E-state index in [1.807, 2.05) is 43.9 Å². The van der Waals surface area contributed by atoms with Gasteiger partial charge in [-0.3, -0.25) is 9.59 Å². The Morgan fingerprint density at radius 3 is 2.77 bits per heavy atom. The third-order valence-electron chi connectivity index (χ3n) is 6.11. The van der Waals surface area contributed by atoms with Crippen molar-refractivity contribution in [2.24, 2.45) is 5.92 Å². The average Bonchev–Trinajstić information content (AvgIpc) is 2.89. The van der Waals surface area contributed by atoms with E-state index in [0.717, 1.165) is 36.3 Å². The quantitative estimate of drug-likeness (QED) is 0.789. The maximum absolute atomic E-state index is 13.4. The number of nitrogens with zero attached hydrogens (tertiary/aromatic N) is 1. The molecule has 0 bridgehead atoms. The molecule has 1 N–H and O–H groups in total. The van der Waals surface area contributed by atoms with Gasteiger partial charge in [-0.05, 0) is 55.0 Å². The van der Waals surface area contributed by atoms with E-state index in [-0.39, 0.29) is 23.8 Å². The highest BCUT2D eigenvalue weighted by atomic mass is 16.5. The molecule has 0 spiro atoms. The number of fused-ring (bicyclic) bond motifs is 2. The number of carbonyl (C=O) groups excluding carboxylic acids is 2. The Kier molecular flexibility index (Phi) is 5.80. The Labute approximate surface area is 178 Å². The molecule has 0 unspecified atom stereocenters. The van der Waals surface area contributed by atoms with Crippen LogP contribution in [0.4, 0.5) is 5.69 Å². The normalized spacial score (nSPS) is 20.8. The van der Waals surface area contributed by atoms with Gasteiger partial charge >= 0.3 is 0 Å². The van der Waals surface area contributed by atoms with E-state index >= 15 is 0 Å². The van der Waals surface area contributed by atoms with Gasteiger partial charge in [-0.2, -0.15) is 0 Å². The third-order valence-corrected chi connectivity index (χ3v) is 6.11. The molecule has 2 atom stereocenters. The first-order chi connectivity index (χ1) is 14.5. The van der Waals surface area contributed by atoms with Crippen molar-refractivity contribution < 1.29 is 14.3 Å². The summed E-state index contributed by atoms with van der Waals surface area (Å²) < 4.78 is 6.13. The molecule has 5 heteroatoms. The molecule has 5 nitrogen and oxygen atoms in total. The molecule has 2 aromatic carbocycles. The van der Waals surface area contributed by atoms with Crippen LogP contribution >= 0.6 is 0 Å². The van der Waals surface area contributed by atoms with E-state index in [0.29, 0.717) is 13.0 Å². The molecule has 158 valence electrons. The third kappa shape index (κ3) is 3.93. The van der Waals surface area contributed by atoms with E-state index in [9.17, 15) is 9.59 Å². The second-order valence-corrected chi connectivity index (χ2v) is 8.55. The zero-order valence-electron chi connectivity index (χ0n) is 18.0. The van der Waals surface area contributed by atoms with Crippen molar-refractivity contribution in [1.29, 1.82) is 0 Å². The number of anilines is 1. The SMILES string of the molecule is CC[C@H]1Oc2ccc(NC(=O)C(C)C)cc2CN([C@H]2CCCc3ccccc32)C1=O. The van der Waals surface area contributed by atoms with Crippen LogP contribution in [-0.2, 0) is 22.6 Å². The van der Waals surface area contributed by atoms with Gasteiger partial charge in [-0.25, -0.2) is 0 Å². The molecule has 2 amide bonds. The molecular formula is C25H30N2O3. The van der Waals surface area contributed by atoms with Crippen molar-refractivity contribution in [3.05, 3.63) is 59.2 Å². The summed E-state index contributed by atoms with van der Waals surface area (Å²) in [5, 5.41) is 2.96. The predicted molar refractivity (Wildman–Crippen MR) is 117 cm³/mol. The lowest BCUT2D eigenvalue weighted by Gasteiger charge is -2.36. The number of carbonyl (C=O) groups is 2. The Morgan fingerprint density at radius 1 is 1.20 bits per heavy atom. The number of rotatable bonds is 4. The van der Waals surface area contributed by atoms with Gasteiger partial charge in [0.05, 0.1) is 12.6 Å². The van der Waals surface area contributed by atoms with E-state index in [1.165, 1.54) is 11.1 Å². The molecular weight excluding hydrogens is 376 g/mol. The second-order valence-electron chi connectivity index (χ2n) is 8.55. The number of ether oxygens (including phenoxy) is 1. The summed E-state index contributed by atoms with van der Waals surface area (Å²) in [6.07, 6.45) is 3.22. The van der Waals surface area contributed by atoms with Crippen LogP contribution in [0.25, 0.3) is 0 Å². The van der Waals surface area contributed by atoms with Crippen molar-refractivity contribution >= 4 is 17.5 Å². The highest BCUT2D eigenvalue weighted by molar-refractivity contribution is 5.92. The van der Waals surface area contributed by atoms with Gasteiger partial charge in [0.15, 0.2) is 6.10 Å². The van der Waals surface area contributed by atoms with Crippen LogP contribution in [0.5, 0.6) is 5.75 Å². The molecule has 2 aromatic rings. The number of hydrogen-bond donors (Lipinski definition) is 1. The lowest BCUT2D eigenvalue weighted by Crippen LogP contribution is -2.42. The smallest absolute Gasteiger partial charge is 0.264 e. The summed E-state index contributed by atoms with van der Waals surface area (Å²) in [5.41, 5.74) is 4.25. The maximum Gasteiger partial charge on any atom is 0.264 e. The fourth-order valence-corrected chi connectivity index (χ4v) is 4.41. The van der Waals surface area contributed by atoms with Gasteiger partial charge in [0, 0.05) is 17.2 Å². The highest BCUT2D eigenvalue weighted by Crippen LogP contribution is 2.39. The fourth-order valence-electron chi connectivity index (χ4n) is 4.41. The fraction of sp³-hybridized carbons (Fsp3) is 0.440. The highest BCUT2D eigenvalue weighted by Gasteiger charge is 2.36. The van der Waals surface area contributed by atoms with Gasteiger partial charge in [0.25, 0.3) is 5.91 Å². The van der Waals surface area contributed by atoms with Crippen LogP contribution in [0.2, 0.25) is 0 Å². The standard InChI is InChI=1S/C25H30N2O3/c1-4-22-25(29)27(21-11-7-9-17-8-5-6-10-20(17)21)15-18-14-19(12-13-23(18)30-22)26-24(28)16(2)3/h5-6,8,10,12-14,16,21-22H,4,7,9,11,15H2,1-3H3,(H,26,28)/t21-,22+/m0/s1. The van der Waals surface area contributed by atoms with Gasteiger partial charge in [0.2, 0.25) is 5.91 Å². The zero-order chi connectivity index (χ0) is 21.3. The monoisotopic (exact) mass is 406 g/mol. The summed E-state index contributed by atoms with van der Waals surface area (Å²) >= 11 is 0. The first kappa shape index (κ1) is 20.5. The molecule has 0 fully saturated rings. The maximum atomic E-state index is 13.4. The van der Waals surface area contributed by atoms with Crippen molar-refractivity contribution in [1.82, 2.24) is 4.90 Å². The average molecular weight is 407 g/mol. The van der Waals surface area contributed by atoms with Gasteiger partial charge in [-0.15, -0.1) is 0 Å². The number of benzene rings is 2. The first-order valence-electron chi connectivity index (χ1n) is 11.0. The molecule has 30 heavy (non-hydrogen) atoms. The zero-order valence-corrected chi connectivity index (χ0v) is 18.0. The van der Waals surface area contributed by atoms with E-state index in [4.69, 9.17) is 4.74 Å². The van der Waals surface area contributed by atoms with Crippen molar-refractivity contribution in [3.8, 4) is 5.75 Å². The number of nitrogens with one attached hydrogen (secondary N) is 1. The Morgan fingerprint density at radius 2 is 2.00 bits per heavy atom. The molecule has 0 saturated heterocycles. The minimum atomic E-state index is -0.489. The molecule has 0 radical (unpaired) electrons. The van der Waals surface area contributed by atoms with Crippen LogP contribution in [0.1, 0.15) is 62.8 Å². The second kappa shape index (κ2) is 8.50. The summed E-state index contributed by atoms with van der Waals surface area (Å²) in [7, 11) is 0. The molecule has 0 saturated carbocycles. The Hall–Kier alpha value is -2.82. The van der Waals surface area contributed by atoms with E-state index in [2.05, 4.69) is 29.6 Å². The number of aryl methyl sites for hydroxylation is 1. The Balaban J connectivity index is 1.70. The van der Waals surface area contributed by atoms with Gasteiger partial charge < -0.3 is 15.0 Å². The minimum Gasteiger partial charge on any atom is -0.480 e. The van der Waals surface area contributed by atoms with Crippen molar-refractivity contribution in [2.75, 3.05) is 5.32 Å². The molecule has 0 aromatic heterocycles. The van der Waals surface area contributed by atoms with E-state index in [1.54, 1.807) is 0 Å². The Bertz CT molecular complexity index is 953. The van der Waals surface area contributed by atoms with Crippen molar-refractivity contribution in [3.63, 3.8) is 0 Å². The molecule has 1 aliphatic carbocycles. The molecule has 1 aliphatic heterocycles. The summed E-state index contributed by atoms with van der Waals surface area (Å²) in [5.74, 6) is 0.652. The summed E-state index contributed by atoms with van der Waals surface area (Å²) in [4.78, 5) is 27.6. The van der Waals surface area contributed by atoms with Crippen LogP contribution in [0.3, 0.4) is 0 Å². The number of hydrogen-bond acceptors (Lipinski definition) is 3. The molecule has 2 aliphatic rings. The van der Waals surface area contributed by atoms with Gasteiger partial charge in [-0.1, -0.05) is 45.0 Å². The minimum absolute atomic E-state index is 0.0231. The van der Waals surface area contributed by atoms with Crippen LogP contribution in [-0.4, -0.2) is 22.8 Å². The van der Waals surface area contributed by atoms with Gasteiger partial charge in [0.1, 0.15) is 5.75 Å². The topological polar surface area (TPSA) is 58.6 Å². The molecule has 4 rings (SSSR count). The van der Waals surface area contributed by atoms with Crippen LogP contribution < -0.4 is 10.1 Å². The predicted octanol–water partition coefficient (Wildman–Crippen LogP) is 4.86. The summed E-state index contributed by atoms with van der Waals surface area (Å²) in [6, 6.07) is 14.2. The van der Waals surface area contributed by atoms with Crippen LogP contribution in [0.15, 0.2) is 42.5 Å². The largest absolute Gasteiger partial charge is 0.480 e. The van der Waals surface area contributed by atoms with Crippen LogP contribution in [0, 0.1) is 5.92 Å².